The maximum atomic E-state index is 13.5. The number of carbonyl (C=O) groups excluding carboxylic acids is 1. The van der Waals surface area contributed by atoms with E-state index in [1.807, 2.05) is 55.5 Å². The van der Waals surface area contributed by atoms with Crippen LogP contribution in [0.4, 0.5) is 0 Å². The quantitative estimate of drug-likeness (QED) is 0.241. The molecule has 2 aromatic carbocycles. The number of pyridine rings is 1. The molecule has 180 valence electrons. The van der Waals surface area contributed by atoms with E-state index in [0.29, 0.717) is 27.2 Å². The molecule has 1 aliphatic rings. The van der Waals surface area contributed by atoms with Crippen LogP contribution in [0.3, 0.4) is 0 Å². The molecule has 0 atom stereocenters. The Morgan fingerprint density at radius 2 is 1.72 bits per heavy atom. The molecule has 0 N–H and O–H groups in total. The van der Waals surface area contributed by atoms with Gasteiger partial charge in [0.15, 0.2) is 0 Å². The fraction of sp³-hybridized carbons (Fsp3) is 0.143. The van der Waals surface area contributed by atoms with Crippen molar-refractivity contribution >= 4 is 45.9 Å². The summed E-state index contributed by atoms with van der Waals surface area (Å²) in [6, 6.07) is 20.9. The summed E-state index contributed by atoms with van der Waals surface area (Å²) >= 11 is 6.67. The molecule has 2 aromatic heterocycles. The molecule has 0 saturated carbocycles. The van der Waals surface area contributed by atoms with Gasteiger partial charge in [-0.2, -0.15) is 4.98 Å². The van der Waals surface area contributed by atoms with Gasteiger partial charge in [0.1, 0.15) is 21.3 Å². The van der Waals surface area contributed by atoms with Crippen LogP contribution < -0.4 is 10.3 Å². The van der Waals surface area contributed by atoms with Crippen molar-refractivity contribution < 1.29 is 9.53 Å². The first-order chi connectivity index (χ1) is 17.4. The van der Waals surface area contributed by atoms with Crippen molar-refractivity contribution in [2.24, 2.45) is 0 Å². The predicted molar refractivity (Wildman–Crippen MR) is 147 cm³/mol. The Morgan fingerprint density at radius 3 is 2.44 bits per heavy atom. The molecule has 6 nitrogen and oxygen atoms in total. The number of aromatic nitrogens is 2. The van der Waals surface area contributed by atoms with E-state index in [9.17, 15) is 9.59 Å². The lowest BCUT2D eigenvalue weighted by molar-refractivity contribution is -0.122. The Morgan fingerprint density at radius 1 is 1.00 bits per heavy atom. The third-order valence-electron chi connectivity index (χ3n) is 5.89. The highest BCUT2D eigenvalue weighted by Crippen LogP contribution is 2.35. The van der Waals surface area contributed by atoms with Gasteiger partial charge in [-0.05, 0) is 54.8 Å². The molecule has 0 aliphatic carbocycles. The van der Waals surface area contributed by atoms with E-state index >= 15 is 0 Å². The highest BCUT2D eigenvalue weighted by atomic mass is 32.2. The molecule has 36 heavy (non-hydrogen) atoms. The summed E-state index contributed by atoms with van der Waals surface area (Å²) in [7, 11) is 0. The van der Waals surface area contributed by atoms with Gasteiger partial charge in [-0.15, -0.1) is 0 Å². The Hall–Kier alpha value is -3.75. The zero-order valence-corrected chi connectivity index (χ0v) is 21.4. The van der Waals surface area contributed by atoms with Gasteiger partial charge in [0.2, 0.25) is 5.88 Å². The van der Waals surface area contributed by atoms with E-state index < -0.39 is 0 Å². The van der Waals surface area contributed by atoms with E-state index in [2.05, 4.69) is 11.9 Å². The lowest BCUT2D eigenvalue weighted by Crippen LogP contribution is -2.27. The number of hydrogen-bond acceptors (Lipinski definition) is 6. The molecule has 1 amide bonds. The highest BCUT2D eigenvalue weighted by molar-refractivity contribution is 8.26. The second-order valence-corrected chi connectivity index (χ2v) is 10.1. The lowest BCUT2D eigenvalue weighted by Gasteiger charge is -2.14. The highest BCUT2D eigenvalue weighted by Gasteiger charge is 2.33. The molecular formula is C28H23N3O3S2. The van der Waals surface area contributed by atoms with Gasteiger partial charge in [-0.1, -0.05) is 78.9 Å². The molecule has 3 heterocycles. The van der Waals surface area contributed by atoms with Crippen molar-refractivity contribution in [3.8, 4) is 11.6 Å². The average Bonchev–Trinajstić information content (AvgIpc) is 3.15. The third kappa shape index (κ3) is 4.82. The summed E-state index contributed by atoms with van der Waals surface area (Å²) in [5.41, 5.74) is 3.60. The molecule has 0 unspecified atom stereocenters. The van der Waals surface area contributed by atoms with Crippen molar-refractivity contribution in [2.45, 2.75) is 26.8 Å². The molecule has 8 heteroatoms. The van der Waals surface area contributed by atoms with E-state index in [4.69, 9.17) is 17.0 Å². The number of thioether (sulfide) groups is 1. The second kappa shape index (κ2) is 10.1. The summed E-state index contributed by atoms with van der Waals surface area (Å²) in [4.78, 5) is 33.2. The maximum absolute atomic E-state index is 13.5. The van der Waals surface area contributed by atoms with Crippen molar-refractivity contribution in [1.29, 1.82) is 0 Å². The van der Waals surface area contributed by atoms with E-state index in [1.165, 1.54) is 21.7 Å². The van der Waals surface area contributed by atoms with Crippen molar-refractivity contribution in [3.63, 3.8) is 0 Å². The van der Waals surface area contributed by atoms with E-state index in [-0.39, 0.29) is 22.9 Å². The standard InChI is InChI=1S/C28H23N3O3S2/c1-3-19-11-13-21(14-12-19)34-25-22(26(32)30-15-5-4-6-24(30)29-25)16-23-27(33)31(28(35)36-23)17-20-9-7-18(2)8-10-20/h4-16H,3,17H2,1-2H3/b23-16+. The molecular weight excluding hydrogens is 490 g/mol. The predicted octanol–water partition coefficient (Wildman–Crippen LogP) is 5.76. The number of thiocarbonyl (C=S) groups is 1. The zero-order valence-electron chi connectivity index (χ0n) is 19.8. The summed E-state index contributed by atoms with van der Waals surface area (Å²) in [6.45, 7) is 4.46. The number of nitrogens with zero attached hydrogens (tertiary/aromatic N) is 3. The van der Waals surface area contributed by atoms with Crippen LogP contribution in [-0.2, 0) is 17.8 Å². The monoisotopic (exact) mass is 513 g/mol. The van der Waals surface area contributed by atoms with Gasteiger partial charge in [0, 0.05) is 6.20 Å². The molecule has 1 saturated heterocycles. The largest absolute Gasteiger partial charge is 0.438 e. The number of fused-ring (bicyclic) bond motifs is 1. The fourth-order valence-electron chi connectivity index (χ4n) is 3.83. The molecule has 0 spiro atoms. The van der Waals surface area contributed by atoms with Crippen molar-refractivity contribution in [2.75, 3.05) is 0 Å². The second-order valence-electron chi connectivity index (χ2n) is 8.42. The number of carbonyl (C=O) groups is 1. The first kappa shape index (κ1) is 24.0. The topological polar surface area (TPSA) is 63.9 Å². The van der Waals surface area contributed by atoms with Crippen molar-refractivity contribution in [1.82, 2.24) is 14.3 Å². The average molecular weight is 514 g/mol. The number of ether oxygens (including phenoxy) is 1. The Bertz CT molecular complexity index is 1560. The van der Waals surface area contributed by atoms with Crippen LogP contribution in [0.1, 0.15) is 29.2 Å². The summed E-state index contributed by atoms with van der Waals surface area (Å²) in [6.07, 6.45) is 4.09. The van der Waals surface area contributed by atoms with Gasteiger partial charge < -0.3 is 4.74 Å². The minimum atomic E-state index is -0.329. The minimum absolute atomic E-state index is 0.138. The fourth-order valence-corrected chi connectivity index (χ4v) is 5.07. The summed E-state index contributed by atoms with van der Waals surface area (Å²) in [5.74, 6) is 0.446. The van der Waals surface area contributed by atoms with E-state index in [1.54, 1.807) is 35.4 Å². The van der Waals surface area contributed by atoms with Gasteiger partial charge in [0.25, 0.3) is 11.5 Å². The summed E-state index contributed by atoms with van der Waals surface area (Å²) < 4.78 is 7.95. The number of amides is 1. The van der Waals surface area contributed by atoms with Crippen LogP contribution in [0, 0.1) is 6.92 Å². The first-order valence-corrected chi connectivity index (χ1v) is 12.7. The van der Waals surface area contributed by atoms with E-state index in [0.717, 1.165) is 17.5 Å². The molecule has 1 aliphatic heterocycles. The number of aryl methyl sites for hydroxylation is 2. The van der Waals surface area contributed by atoms with Crippen LogP contribution >= 0.6 is 24.0 Å². The van der Waals surface area contributed by atoms with Crippen LogP contribution in [0.5, 0.6) is 11.6 Å². The third-order valence-corrected chi connectivity index (χ3v) is 7.27. The Balaban J connectivity index is 1.53. The zero-order chi connectivity index (χ0) is 25.2. The molecule has 0 radical (unpaired) electrons. The van der Waals surface area contributed by atoms with Gasteiger partial charge in [-0.25, -0.2) is 0 Å². The molecule has 4 aromatic rings. The molecule has 5 rings (SSSR count). The Labute approximate surface area is 218 Å². The SMILES string of the molecule is CCc1ccc(Oc2nc3ccccn3c(=O)c2/C=C2/SC(=S)N(Cc3ccc(C)cc3)C2=O)cc1. The minimum Gasteiger partial charge on any atom is -0.438 e. The van der Waals surface area contributed by atoms with Crippen LogP contribution in [0.15, 0.2) is 82.6 Å². The first-order valence-electron chi connectivity index (χ1n) is 11.5. The van der Waals surface area contributed by atoms with Crippen LogP contribution in [-0.4, -0.2) is 24.5 Å². The Kier molecular flexibility index (Phi) is 6.71. The normalized spacial score (nSPS) is 14.7. The van der Waals surface area contributed by atoms with Gasteiger partial charge in [0.05, 0.1) is 11.4 Å². The molecule has 1 fully saturated rings. The maximum Gasteiger partial charge on any atom is 0.269 e. The number of hydrogen-bond donors (Lipinski definition) is 0. The van der Waals surface area contributed by atoms with Crippen LogP contribution in [0.25, 0.3) is 11.7 Å². The number of benzene rings is 2. The molecule has 0 bridgehead atoms. The van der Waals surface area contributed by atoms with Crippen molar-refractivity contribution in [3.05, 3.63) is 110 Å². The van der Waals surface area contributed by atoms with Gasteiger partial charge in [-0.3, -0.25) is 18.9 Å². The summed E-state index contributed by atoms with van der Waals surface area (Å²) in [5, 5.41) is 0. The smallest absolute Gasteiger partial charge is 0.269 e. The van der Waals surface area contributed by atoms with Gasteiger partial charge >= 0.3 is 0 Å². The number of rotatable bonds is 6. The van der Waals surface area contributed by atoms with Crippen LogP contribution in [0.2, 0.25) is 0 Å². The lowest BCUT2D eigenvalue weighted by atomic mass is 10.1.